The minimum Gasteiger partial charge on any atom is -0.452 e. The lowest BCUT2D eigenvalue weighted by molar-refractivity contribution is -0.142. The predicted octanol–water partition coefficient (Wildman–Crippen LogP) is 3.00. The number of aryl methyl sites for hydroxylation is 1. The molecule has 0 aliphatic carbocycles. The molecule has 0 atom stereocenters. The van der Waals surface area contributed by atoms with Gasteiger partial charge >= 0.3 is 5.97 Å². The van der Waals surface area contributed by atoms with Crippen molar-refractivity contribution in [3.63, 3.8) is 0 Å². The molecule has 1 aromatic heterocycles. The molecule has 2 aromatic rings. The van der Waals surface area contributed by atoms with Crippen LogP contribution in [0, 0.1) is 6.92 Å². The molecule has 7 heteroatoms. The minimum absolute atomic E-state index is 0.219. The van der Waals surface area contributed by atoms with E-state index in [2.05, 4.69) is 10.6 Å². The van der Waals surface area contributed by atoms with Gasteiger partial charge < -0.3 is 15.4 Å². The van der Waals surface area contributed by atoms with Gasteiger partial charge in [0.1, 0.15) is 0 Å². The van der Waals surface area contributed by atoms with Crippen molar-refractivity contribution in [1.82, 2.24) is 5.32 Å². The van der Waals surface area contributed by atoms with Crippen LogP contribution in [0.3, 0.4) is 0 Å². The van der Waals surface area contributed by atoms with Gasteiger partial charge in [-0.15, -0.1) is 11.3 Å². The molecule has 26 heavy (non-hydrogen) atoms. The maximum Gasteiger partial charge on any atom is 0.331 e. The first-order valence-corrected chi connectivity index (χ1v) is 8.89. The number of nitrogens with one attached hydrogen (secondary N) is 2. The Morgan fingerprint density at radius 1 is 1.19 bits per heavy atom. The van der Waals surface area contributed by atoms with Gasteiger partial charge in [-0.05, 0) is 50.3 Å². The first-order chi connectivity index (χ1) is 12.5. The Morgan fingerprint density at radius 2 is 2.00 bits per heavy atom. The molecule has 2 N–H and O–H groups in total. The second-order valence-electron chi connectivity index (χ2n) is 5.38. The average Bonchev–Trinajstić information content (AvgIpc) is 3.04. The highest BCUT2D eigenvalue weighted by molar-refractivity contribution is 7.12. The molecule has 136 valence electrons. The first kappa shape index (κ1) is 19.4. The van der Waals surface area contributed by atoms with Gasteiger partial charge in [-0.25, -0.2) is 4.79 Å². The van der Waals surface area contributed by atoms with Crippen LogP contribution >= 0.6 is 11.3 Å². The van der Waals surface area contributed by atoms with E-state index in [4.69, 9.17) is 4.74 Å². The normalized spacial score (nSPS) is 10.5. The third-order valence-electron chi connectivity index (χ3n) is 3.24. The molecule has 1 aromatic carbocycles. The number of thiophene rings is 1. The molecule has 0 aliphatic heterocycles. The van der Waals surface area contributed by atoms with Gasteiger partial charge in [0.25, 0.3) is 11.8 Å². The van der Waals surface area contributed by atoms with Crippen molar-refractivity contribution in [1.29, 1.82) is 0 Å². The fourth-order valence-corrected chi connectivity index (χ4v) is 2.86. The first-order valence-electron chi connectivity index (χ1n) is 8.07. The van der Waals surface area contributed by atoms with Gasteiger partial charge in [0.05, 0.1) is 0 Å². The molecule has 6 nitrogen and oxygen atoms in total. The minimum atomic E-state index is -0.595. The van der Waals surface area contributed by atoms with Crippen molar-refractivity contribution < 1.29 is 19.1 Å². The summed E-state index contributed by atoms with van der Waals surface area (Å²) in [5.74, 6) is -1.29. The lowest BCUT2D eigenvalue weighted by Gasteiger charge is -2.07. The lowest BCUT2D eigenvalue weighted by atomic mass is 10.2. The number of anilines is 1. The van der Waals surface area contributed by atoms with Gasteiger partial charge in [0.2, 0.25) is 0 Å². The summed E-state index contributed by atoms with van der Waals surface area (Å²) in [5.41, 5.74) is 0.898. The van der Waals surface area contributed by atoms with E-state index >= 15 is 0 Å². The summed E-state index contributed by atoms with van der Waals surface area (Å²) in [6.07, 6.45) is 2.93. The zero-order chi connectivity index (χ0) is 18.9. The summed E-state index contributed by atoms with van der Waals surface area (Å²) in [6, 6.07) is 10.4. The van der Waals surface area contributed by atoms with E-state index in [0.717, 1.165) is 9.75 Å². The number of benzene rings is 1. The van der Waals surface area contributed by atoms with Crippen molar-refractivity contribution in [3.05, 3.63) is 57.8 Å². The van der Waals surface area contributed by atoms with Gasteiger partial charge in [0.15, 0.2) is 6.61 Å². The highest BCUT2D eigenvalue weighted by Gasteiger charge is 2.08. The molecular formula is C19H20N2O4S. The Labute approximate surface area is 155 Å². The zero-order valence-electron chi connectivity index (χ0n) is 14.6. The number of rotatable bonds is 7. The molecule has 1 heterocycles. The SMILES string of the molecule is CCNC(=O)c1cccc(NC(=O)COC(=O)/C=C/c2ccc(C)s2)c1. The van der Waals surface area contributed by atoms with Crippen molar-refractivity contribution in [2.75, 3.05) is 18.5 Å². The third kappa shape index (κ3) is 6.18. The van der Waals surface area contributed by atoms with Crippen molar-refractivity contribution >= 4 is 40.9 Å². The fourth-order valence-electron chi connectivity index (χ4n) is 2.08. The van der Waals surface area contributed by atoms with Crippen molar-refractivity contribution in [2.45, 2.75) is 13.8 Å². The number of amides is 2. The molecule has 0 unspecified atom stereocenters. The topological polar surface area (TPSA) is 84.5 Å². The quantitative estimate of drug-likeness (QED) is 0.578. The molecular weight excluding hydrogens is 352 g/mol. The standard InChI is InChI=1S/C19H20N2O4S/c1-3-20-19(24)14-5-4-6-15(11-14)21-17(22)12-25-18(23)10-9-16-8-7-13(2)26-16/h4-11H,3,12H2,1-2H3,(H,20,24)(H,21,22)/b10-9+. The van der Waals surface area contributed by atoms with Crippen LogP contribution in [-0.4, -0.2) is 30.9 Å². The molecule has 0 saturated heterocycles. The van der Waals surface area contributed by atoms with Gasteiger partial charge in [-0.1, -0.05) is 6.07 Å². The molecule has 0 saturated carbocycles. The maximum atomic E-state index is 11.9. The predicted molar refractivity (Wildman–Crippen MR) is 102 cm³/mol. The molecule has 0 spiro atoms. The summed E-state index contributed by atoms with van der Waals surface area (Å²) in [6.45, 7) is 3.92. The molecule has 0 fully saturated rings. The van der Waals surface area contributed by atoms with Crippen LogP contribution < -0.4 is 10.6 Å². The Balaban J connectivity index is 1.83. The number of carbonyl (C=O) groups is 3. The highest BCUT2D eigenvalue weighted by Crippen LogP contribution is 2.16. The Morgan fingerprint density at radius 3 is 2.69 bits per heavy atom. The van der Waals surface area contributed by atoms with E-state index in [0.29, 0.717) is 17.8 Å². The van der Waals surface area contributed by atoms with E-state index in [9.17, 15) is 14.4 Å². The molecule has 0 bridgehead atoms. The van der Waals surface area contributed by atoms with Gasteiger partial charge in [0, 0.05) is 33.6 Å². The largest absolute Gasteiger partial charge is 0.452 e. The van der Waals surface area contributed by atoms with Crippen LogP contribution in [-0.2, 0) is 14.3 Å². The molecule has 0 aliphatic rings. The Bertz CT molecular complexity index is 826. The van der Waals surface area contributed by atoms with Crippen LogP contribution in [0.5, 0.6) is 0 Å². The van der Waals surface area contributed by atoms with E-state index in [1.165, 1.54) is 6.08 Å². The van der Waals surface area contributed by atoms with Crippen LogP contribution in [0.4, 0.5) is 5.69 Å². The lowest BCUT2D eigenvalue weighted by Crippen LogP contribution is -2.23. The van der Waals surface area contributed by atoms with Gasteiger partial charge in [-0.3, -0.25) is 9.59 Å². The second-order valence-corrected chi connectivity index (χ2v) is 6.70. The highest BCUT2D eigenvalue weighted by atomic mass is 32.1. The average molecular weight is 372 g/mol. The molecule has 0 radical (unpaired) electrons. The summed E-state index contributed by atoms with van der Waals surface area (Å²) in [7, 11) is 0. The fraction of sp³-hybridized carbons (Fsp3) is 0.211. The number of hydrogen-bond donors (Lipinski definition) is 2. The van der Waals surface area contributed by atoms with Gasteiger partial charge in [-0.2, -0.15) is 0 Å². The van der Waals surface area contributed by atoms with Crippen LogP contribution in [0.25, 0.3) is 6.08 Å². The Hall–Kier alpha value is -2.93. The van der Waals surface area contributed by atoms with Crippen molar-refractivity contribution in [2.24, 2.45) is 0 Å². The molecule has 2 rings (SSSR count). The summed E-state index contributed by atoms with van der Waals surface area (Å²) < 4.78 is 4.91. The van der Waals surface area contributed by atoms with Crippen LogP contribution in [0.2, 0.25) is 0 Å². The van der Waals surface area contributed by atoms with Crippen LogP contribution in [0.1, 0.15) is 27.0 Å². The number of carbonyl (C=O) groups excluding carboxylic acids is 3. The third-order valence-corrected chi connectivity index (χ3v) is 4.20. The zero-order valence-corrected chi connectivity index (χ0v) is 15.4. The summed E-state index contributed by atoms with van der Waals surface area (Å²) >= 11 is 1.56. The Kier molecular flexibility index (Phi) is 7.11. The number of esters is 1. The number of ether oxygens (including phenoxy) is 1. The smallest absolute Gasteiger partial charge is 0.331 e. The molecule has 2 amide bonds. The number of hydrogen-bond acceptors (Lipinski definition) is 5. The summed E-state index contributed by atoms with van der Waals surface area (Å²) in [5, 5.41) is 5.28. The van der Waals surface area contributed by atoms with E-state index < -0.39 is 18.5 Å². The monoisotopic (exact) mass is 372 g/mol. The maximum absolute atomic E-state index is 11.9. The van der Waals surface area contributed by atoms with E-state index in [-0.39, 0.29) is 5.91 Å². The van der Waals surface area contributed by atoms with Crippen molar-refractivity contribution in [3.8, 4) is 0 Å². The second kappa shape index (κ2) is 9.53. The van der Waals surface area contributed by atoms with E-state index in [1.54, 1.807) is 41.7 Å². The van der Waals surface area contributed by atoms with Crippen LogP contribution in [0.15, 0.2) is 42.5 Å². The summed E-state index contributed by atoms with van der Waals surface area (Å²) in [4.78, 5) is 37.4. The van der Waals surface area contributed by atoms with E-state index in [1.807, 2.05) is 26.0 Å².